The molecule has 2 N–H and O–H groups in total. The van der Waals surface area contributed by atoms with Gasteiger partial charge in [-0.05, 0) is 42.0 Å². The molecule has 0 amide bonds. The van der Waals surface area contributed by atoms with Crippen molar-refractivity contribution in [1.29, 1.82) is 0 Å². The fraction of sp³-hybridized carbons (Fsp3) is 0.250. The Bertz CT molecular complexity index is 783. The fourth-order valence-electron chi connectivity index (χ4n) is 2.75. The Morgan fingerprint density at radius 3 is 2.43 bits per heavy atom. The second kappa shape index (κ2) is 4.58. The van der Waals surface area contributed by atoms with Crippen LogP contribution in [0.2, 0.25) is 0 Å². The summed E-state index contributed by atoms with van der Waals surface area (Å²) >= 11 is 0. The van der Waals surface area contributed by atoms with Crippen LogP contribution in [0.5, 0.6) is 0 Å². The lowest BCUT2D eigenvalue weighted by molar-refractivity contribution is 0.562. The van der Waals surface area contributed by atoms with Crippen molar-refractivity contribution in [2.45, 2.75) is 29.8 Å². The smallest absolute Gasteiger partial charge is 0.244 e. The maximum absolute atomic E-state index is 12.5. The van der Waals surface area contributed by atoms with E-state index in [2.05, 4.69) is 10.0 Å². The first-order valence-corrected chi connectivity index (χ1v) is 8.59. The molecule has 0 aromatic heterocycles. The van der Waals surface area contributed by atoms with E-state index in [9.17, 15) is 8.42 Å². The summed E-state index contributed by atoms with van der Waals surface area (Å²) in [4.78, 5) is 0.360. The molecule has 2 aromatic carbocycles. The first-order chi connectivity index (χ1) is 10.1. The highest BCUT2D eigenvalue weighted by Crippen LogP contribution is 2.42. The molecule has 1 aliphatic carbocycles. The average molecular weight is 300 g/mol. The zero-order valence-electron chi connectivity index (χ0n) is 11.4. The van der Waals surface area contributed by atoms with Crippen LogP contribution in [-0.4, -0.2) is 8.42 Å². The molecule has 0 radical (unpaired) electrons. The second-order valence-electron chi connectivity index (χ2n) is 5.64. The maximum Gasteiger partial charge on any atom is 0.244 e. The van der Waals surface area contributed by atoms with Gasteiger partial charge in [0.25, 0.3) is 0 Å². The van der Waals surface area contributed by atoms with Gasteiger partial charge in [0, 0.05) is 0 Å². The number of benzene rings is 2. The van der Waals surface area contributed by atoms with Crippen molar-refractivity contribution in [3.8, 4) is 0 Å². The highest BCUT2D eigenvalue weighted by molar-refractivity contribution is 7.89. The third-order valence-corrected chi connectivity index (χ3v) is 5.51. The molecule has 0 saturated heterocycles. The number of rotatable bonds is 2. The molecule has 2 aromatic rings. The summed E-state index contributed by atoms with van der Waals surface area (Å²) in [5.74, 6) is 0.539. The highest BCUT2D eigenvalue weighted by atomic mass is 32.2. The molecule has 1 atom stereocenters. The largest absolute Gasteiger partial charge is 0.364 e. The summed E-state index contributed by atoms with van der Waals surface area (Å²) < 4.78 is 27.7. The number of hydrogen-bond donors (Lipinski definition) is 2. The molecule has 108 valence electrons. The van der Waals surface area contributed by atoms with Gasteiger partial charge >= 0.3 is 0 Å². The van der Waals surface area contributed by atoms with E-state index in [1.54, 1.807) is 0 Å². The van der Waals surface area contributed by atoms with E-state index in [1.807, 2.05) is 48.5 Å². The second-order valence-corrected chi connectivity index (χ2v) is 7.32. The maximum atomic E-state index is 12.5. The van der Waals surface area contributed by atoms with E-state index in [-0.39, 0.29) is 0 Å². The molecule has 1 aliphatic heterocycles. The summed E-state index contributed by atoms with van der Waals surface area (Å²) in [6.07, 6.45) is 1.90. The van der Waals surface area contributed by atoms with Crippen molar-refractivity contribution < 1.29 is 8.42 Å². The first-order valence-electron chi connectivity index (χ1n) is 7.11. The van der Waals surface area contributed by atoms with Gasteiger partial charge in [-0.2, -0.15) is 4.72 Å². The van der Waals surface area contributed by atoms with Crippen LogP contribution in [-0.2, 0) is 10.0 Å². The van der Waals surface area contributed by atoms with Crippen LogP contribution in [0.15, 0.2) is 53.4 Å². The van der Waals surface area contributed by atoms with Crippen molar-refractivity contribution in [3.63, 3.8) is 0 Å². The van der Waals surface area contributed by atoms with E-state index in [1.165, 1.54) is 0 Å². The predicted molar refractivity (Wildman–Crippen MR) is 81.5 cm³/mol. The number of anilines is 1. The standard InChI is InChI=1S/C16H16N2O2S/c19-21(20)15-10-13(11-6-7-11)8-9-14(15)17-16(18-21)12-4-2-1-3-5-12/h1-5,8-11,16-18H,6-7H2. The number of nitrogens with one attached hydrogen (secondary N) is 2. The van der Waals surface area contributed by atoms with Gasteiger partial charge in [-0.1, -0.05) is 36.4 Å². The molecule has 5 heteroatoms. The molecular weight excluding hydrogens is 284 g/mol. The average Bonchev–Trinajstić information content (AvgIpc) is 3.32. The molecule has 2 aliphatic rings. The highest BCUT2D eigenvalue weighted by Gasteiger charge is 2.32. The Hall–Kier alpha value is -1.85. The minimum absolute atomic E-state index is 0.360. The topological polar surface area (TPSA) is 58.2 Å². The summed E-state index contributed by atoms with van der Waals surface area (Å²) in [6.45, 7) is 0. The molecule has 4 rings (SSSR count). The van der Waals surface area contributed by atoms with Gasteiger partial charge < -0.3 is 5.32 Å². The molecule has 1 fully saturated rings. The molecule has 1 saturated carbocycles. The number of fused-ring (bicyclic) bond motifs is 1. The van der Waals surface area contributed by atoms with Crippen LogP contribution < -0.4 is 10.0 Å². The van der Waals surface area contributed by atoms with Gasteiger partial charge in [0.1, 0.15) is 11.1 Å². The van der Waals surface area contributed by atoms with Gasteiger partial charge in [-0.25, -0.2) is 8.42 Å². The Morgan fingerprint density at radius 1 is 0.952 bits per heavy atom. The lowest BCUT2D eigenvalue weighted by Gasteiger charge is -2.28. The monoisotopic (exact) mass is 300 g/mol. The van der Waals surface area contributed by atoms with E-state index in [0.29, 0.717) is 16.5 Å². The van der Waals surface area contributed by atoms with Crippen LogP contribution in [0, 0.1) is 0 Å². The molecular formula is C16H16N2O2S. The van der Waals surface area contributed by atoms with Crippen LogP contribution in [0.1, 0.15) is 36.1 Å². The molecule has 0 spiro atoms. The van der Waals surface area contributed by atoms with Crippen LogP contribution >= 0.6 is 0 Å². The Kier molecular flexibility index (Phi) is 2.80. The van der Waals surface area contributed by atoms with Crippen molar-refractivity contribution in [2.75, 3.05) is 5.32 Å². The Balaban J connectivity index is 1.75. The fourth-order valence-corrected chi connectivity index (χ4v) is 4.09. The lowest BCUT2D eigenvalue weighted by Crippen LogP contribution is -2.38. The first kappa shape index (κ1) is 12.9. The number of sulfonamides is 1. The summed E-state index contributed by atoms with van der Waals surface area (Å²) in [5.41, 5.74) is 2.70. The van der Waals surface area contributed by atoms with E-state index < -0.39 is 16.2 Å². The SMILES string of the molecule is O=S1(=O)NC(c2ccccc2)Nc2ccc(C3CC3)cc21. The van der Waals surface area contributed by atoms with Gasteiger partial charge in [0.15, 0.2) is 0 Å². The normalized spacial score (nSPS) is 23.1. The van der Waals surface area contributed by atoms with Crippen LogP contribution in [0.4, 0.5) is 5.69 Å². The van der Waals surface area contributed by atoms with Gasteiger partial charge in [0.05, 0.1) is 5.69 Å². The van der Waals surface area contributed by atoms with E-state index in [0.717, 1.165) is 24.0 Å². The number of hydrogen-bond acceptors (Lipinski definition) is 3. The minimum atomic E-state index is -3.48. The lowest BCUT2D eigenvalue weighted by atomic mass is 10.1. The summed E-state index contributed by atoms with van der Waals surface area (Å²) in [5, 5.41) is 3.27. The molecule has 1 unspecified atom stereocenters. The van der Waals surface area contributed by atoms with Crippen LogP contribution in [0.25, 0.3) is 0 Å². The van der Waals surface area contributed by atoms with Crippen LogP contribution in [0.3, 0.4) is 0 Å². The zero-order valence-corrected chi connectivity index (χ0v) is 12.2. The van der Waals surface area contributed by atoms with E-state index in [4.69, 9.17) is 0 Å². The van der Waals surface area contributed by atoms with Crippen molar-refractivity contribution in [1.82, 2.24) is 4.72 Å². The minimum Gasteiger partial charge on any atom is -0.364 e. The van der Waals surface area contributed by atoms with Crippen molar-refractivity contribution in [3.05, 3.63) is 59.7 Å². The predicted octanol–water partition coefficient (Wildman–Crippen LogP) is 2.97. The van der Waals surface area contributed by atoms with Crippen molar-refractivity contribution >= 4 is 15.7 Å². The van der Waals surface area contributed by atoms with Gasteiger partial charge in [-0.3, -0.25) is 0 Å². The summed E-state index contributed by atoms with van der Waals surface area (Å²) in [6, 6.07) is 15.3. The van der Waals surface area contributed by atoms with Crippen molar-refractivity contribution in [2.24, 2.45) is 0 Å². The van der Waals surface area contributed by atoms with E-state index >= 15 is 0 Å². The molecule has 21 heavy (non-hydrogen) atoms. The molecule has 1 heterocycles. The third kappa shape index (κ3) is 2.32. The quantitative estimate of drug-likeness (QED) is 0.896. The Labute approximate surface area is 124 Å². The molecule has 0 bridgehead atoms. The summed E-state index contributed by atoms with van der Waals surface area (Å²) in [7, 11) is -3.48. The van der Waals surface area contributed by atoms with Gasteiger partial charge in [0.2, 0.25) is 10.0 Å². The molecule has 4 nitrogen and oxygen atoms in total. The Morgan fingerprint density at radius 2 is 1.71 bits per heavy atom. The zero-order chi connectivity index (χ0) is 14.4. The third-order valence-electron chi connectivity index (χ3n) is 4.05. The van der Waals surface area contributed by atoms with Gasteiger partial charge in [-0.15, -0.1) is 0 Å².